The average molecular weight is 188 g/mol. The molecular weight excluding hydrogens is 172 g/mol. The Morgan fingerprint density at radius 2 is 2.08 bits per heavy atom. The molecule has 1 unspecified atom stereocenters. The number of carboxylic acid groups (broad SMARTS) is 1. The normalized spacial score (nSPS) is 16.5. The standard InChI is InChI=1S/C9H16O4/c1-4-9(3,12)7(8(10)11)6-13-5-2/h6,12H,4-5H2,1-3H3,(H,10,11)/b7-6+. The van der Waals surface area contributed by atoms with Crippen LogP contribution in [0.5, 0.6) is 0 Å². The van der Waals surface area contributed by atoms with Crippen LogP contribution in [0.3, 0.4) is 0 Å². The third-order valence-electron chi connectivity index (χ3n) is 1.87. The molecule has 0 spiro atoms. The molecule has 0 heterocycles. The molecule has 0 aliphatic rings. The van der Waals surface area contributed by atoms with Gasteiger partial charge in [-0.05, 0) is 20.3 Å². The van der Waals surface area contributed by atoms with Gasteiger partial charge in [-0.25, -0.2) is 4.79 Å². The maximum atomic E-state index is 10.7. The van der Waals surface area contributed by atoms with Gasteiger partial charge in [-0.1, -0.05) is 6.92 Å². The first-order valence-corrected chi connectivity index (χ1v) is 4.23. The maximum absolute atomic E-state index is 10.7. The molecular formula is C9H16O4. The number of rotatable bonds is 5. The fourth-order valence-electron chi connectivity index (χ4n) is 0.765. The summed E-state index contributed by atoms with van der Waals surface area (Å²) in [6, 6.07) is 0. The Kier molecular flexibility index (Phi) is 4.48. The number of hydrogen-bond acceptors (Lipinski definition) is 3. The smallest absolute Gasteiger partial charge is 0.337 e. The summed E-state index contributed by atoms with van der Waals surface area (Å²) in [5.41, 5.74) is -1.45. The van der Waals surface area contributed by atoms with E-state index in [0.29, 0.717) is 13.0 Å². The third-order valence-corrected chi connectivity index (χ3v) is 1.87. The molecule has 4 heteroatoms. The number of aliphatic carboxylic acids is 1. The van der Waals surface area contributed by atoms with Crippen LogP contribution in [0.1, 0.15) is 27.2 Å². The van der Waals surface area contributed by atoms with E-state index in [4.69, 9.17) is 9.84 Å². The molecule has 0 aromatic rings. The van der Waals surface area contributed by atoms with E-state index in [1.807, 2.05) is 0 Å². The topological polar surface area (TPSA) is 66.8 Å². The van der Waals surface area contributed by atoms with Crippen molar-refractivity contribution in [1.29, 1.82) is 0 Å². The van der Waals surface area contributed by atoms with Crippen LogP contribution in [0, 0.1) is 0 Å². The van der Waals surface area contributed by atoms with Crippen molar-refractivity contribution in [3.05, 3.63) is 11.8 Å². The van der Waals surface area contributed by atoms with Gasteiger partial charge in [-0.3, -0.25) is 0 Å². The first-order valence-electron chi connectivity index (χ1n) is 4.23. The van der Waals surface area contributed by atoms with Crippen molar-refractivity contribution in [3.8, 4) is 0 Å². The largest absolute Gasteiger partial charge is 0.501 e. The lowest BCUT2D eigenvalue weighted by atomic mass is 9.94. The highest BCUT2D eigenvalue weighted by Crippen LogP contribution is 2.20. The number of aliphatic hydroxyl groups is 1. The van der Waals surface area contributed by atoms with Gasteiger partial charge in [-0.2, -0.15) is 0 Å². The molecule has 2 N–H and O–H groups in total. The highest BCUT2D eigenvalue weighted by atomic mass is 16.5. The molecule has 0 aromatic carbocycles. The Hall–Kier alpha value is -1.03. The van der Waals surface area contributed by atoms with E-state index in [1.54, 1.807) is 13.8 Å². The zero-order valence-corrected chi connectivity index (χ0v) is 8.20. The quantitative estimate of drug-likeness (QED) is 0.501. The summed E-state index contributed by atoms with van der Waals surface area (Å²) in [6.45, 7) is 5.29. The van der Waals surface area contributed by atoms with Crippen LogP contribution >= 0.6 is 0 Å². The molecule has 0 saturated carbocycles. The van der Waals surface area contributed by atoms with E-state index in [1.165, 1.54) is 6.92 Å². The molecule has 0 fully saturated rings. The molecule has 0 aliphatic heterocycles. The van der Waals surface area contributed by atoms with Crippen LogP contribution in [-0.4, -0.2) is 28.4 Å². The van der Waals surface area contributed by atoms with E-state index in [0.717, 1.165) is 6.26 Å². The van der Waals surface area contributed by atoms with E-state index < -0.39 is 11.6 Å². The van der Waals surface area contributed by atoms with Crippen molar-refractivity contribution in [1.82, 2.24) is 0 Å². The molecule has 0 amide bonds. The first-order chi connectivity index (χ1) is 5.95. The fourth-order valence-corrected chi connectivity index (χ4v) is 0.765. The van der Waals surface area contributed by atoms with Crippen molar-refractivity contribution < 1.29 is 19.7 Å². The second-order valence-electron chi connectivity index (χ2n) is 2.92. The second kappa shape index (κ2) is 4.87. The molecule has 0 bridgehead atoms. The maximum Gasteiger partial charge on any atom is 0.337 e. The molecule has 13 heavy (non-hydrogen) atoms. The number of ether oxygens (including phenoxy) is 1. The van der Waals surface area contributed by atoms with Crippen LogP contribution in [0.25, 0.3) is 0 Å². The van der Waals surface area contributed by atoms with Gasteiger partial charge >= 0.3 is 5.97 Å². The van der Waals surface area contributed by atoms with Gasteiger partial charge in [0, 0.05) is 0 Å². The van der Waals surface area contributed by atoms with Crippen molar-refractivity contribution in [3.63, 3.8) is 0 Å². The Morgan fingerprint density at radius 1 is 1.54 bits per heavy atom. The van der Waals surface area contributed by atoms with Gasteiger partial charge in [0.2, 0.25) is 0 Å². The third kappa shape index (κ3) is 3.46. The number of carboxylic acids is 1. The number of carbonyl (C=O) groups is 1. The molecule has 76 valence electrons. The Bertz CT molecular complexity index is 206. The lowest BCUT2D eigenvalue weighted by Gasteiger charge is -2.21. The van der Waals surface area contributed by atoms with Crippen LogP contribution in [-0.2, 0) is 9.53 Å². The summed E-state index contributed by atoms with van der Waals surface area (Å²) in [5.74, 6) is -1.15. The lowest BCUT2D eigenvalue weighted by molar-refractivity contribution is -0.135. The molecule has 0 saturated heterocycles. The van der Waals surface area contributed by atoms with Crippen LogP contribution in [0.15, 0.2) is 11.8 Å². The Balaban J connectivity index is 4.70. The minimum absolute atomic E-state index is 0.114. The molecule has 1 atom stereocenters. The lowest BCUT2D eigenvalue weighted by Crippen LogP contribution is -2.30. The second-order valence-corrected chi connectivity index (χ2v) is 2.92. The highest BCUT2D eigenvalue weighted by molar-refractivity contribution is 5.88. The summed E-state index contributed by atoms with van der Waals surface area (Å²) >= 11 is 0. The van der Waals surface area contributed by atoms with E-state index in [9.17, 15) is 9.90 Å². The zero-order chi connectivity index (χ0) is 10.5. The minimum atomic E-state index is -1.33. The summed E-state index contributed by atoms with van der Waals surface area (Å²) < 4.78 is 4.84. The predicted molar refractivity (Wildman–Crippen MR) is 48.3 cm³/mol. The fraction of sp³-hybridized carbons (Fsp3) is 0.667. The van der Waals surface area contributed by atoms with Crippen LogP contribution < -0.4 is 0 Å². The van der Waals surface area contributed by atoms with Gasteiger partial charge in [-0.15, -0.1) is 0 Å². The van der Waals surface area contributed by atoms with Gasteiger partial charge < -0.3 is 14.9 Å². The monoisotopic (exact) mass is 188 g/mol. The van der Waals surface area contributed by atoms with Crippen molar-refractivity contribution >= 4 is 5.97 Å². The molecule has 0 aromatic heterocycles. The SMILES string of the molecule is CCO/C=C(\C(=O)O)C(C)(O)CC. The molecule has 0 radical (unpaired) electrons. The predicted octanol–water partition coefficient (Wildman–Crippen LogP) is 1.15. The van der Waals surface area contributed by atoms with E-state index >= 15 is 0 Å². The van der Waals surface area contributed by atoms with Crippen molar-refractivity contribution in [2.45, 2.75) is 32.8 Å². The zero-order valence-electron chi connectivity index (χ0n) is 8.20. The first kappa shape index (κ1) is 12.0. The van der Waals surface area contributed by atoms with Crippen molar-refractivity contribution in [2.75, 3.05) is 6.61 Å². The van der Waals surface area contributed by atoms with Crippen molar-refractivity contribution in [2.24, 2.45) is 0 Å². The summed E-state index contributed by atoms with van der Waals surface area (Å²) in [7, 11) is 0. The summed E-state index contributed by atoms with van der Waals surface area (Å²) in [5, 5.41) is 18.4. The Morgan fingerprint density at radius 3 is 2.38 bits per heavy atom. The molecule has 0 rings (SSSR count). The van der Waals surface area contributed by atoms with Crippen LogP contribution in [0.2, 0.25) is 0 Å². The van der Waals surface area contributed by atoms with Gasteiger partial charge in [0.05, 0.1) is 18.5 Å². The van der Waals surface area contributed by atoms with Gasteiger partial charge in [0.25, 0.3) is 0 Å². The summed E-state index contributed by atoms with van der Waals surface area (Å²) in [6.07, 6.45) is 1.43. The Labute approximate surface area is 77.8 Å². The van der Waals surface area contributed by atoms with Gasteiger partial charge in [0.15, 0.2) is 0 Å². The number of hydrogen-bond donors (Lipinski definition) is 2. The highest BCUT2D eigenvalue weighted by Gasteiger charge is 2.29. The average Bonchev–Trinajstić information content (AvgIpc) is 2.04. The van der Waals surface area contributed by atoms with E-state index in [-0.39, 0.29) is 5.57 Å². The van der Waals surface area contributed by atoms with E-state index in [2.05, 4.69) is 0 Å². The molecule has 0 aliphatic carbocycles. The van der Waals surface area contributed by atoms with Crippen LogP contribution in [0.4, 0.5) is 0 Å². The molecule has 4 nitrogen and oxygen atoms in total. The summed E-state index contributed by atoms with van der Waals surface area (Å²) in [4.78, 5) is 10.7. The van der Waals surface area contributed by atoms with Gasteiger partial charge in [0.1, 0.15) is 5.57 Å². The minimum Gasteiger partial charge on any atom is -0.501 e.